The molecule has 0 aliphatic heterocycles. The molecular formula is C17H36O2. The van der Waals surface area contributed by atoms with Gasteiger partial charge in [-0.1, -0.05) is 20.8 Å². The van der Waals surface area contributed by atoms with Crippen LogP contribution in [0.3, 0.4) is 0 Å². The molecule has 0 amide bonds. The van der Waals surface area contributed by atoms with E-state index in [1.807, 2.05) is 0 Å². The lowest BCUT2D eigenvalue weighted by Gasteiger charge is -2.36. The summed E-state index contributed by atoms with van der Waals surface area (Å²) in [7, 11) is 0. The smallest absolute Gasteiger partial charge is 0.0655 e. The van der Waals surface area contributed by atoms with Gasteiger partial charge in [-0.3, -0.25) is 0 Å². The average Bonchev–Trinajstić information content (AvgIpc) is 1.90. The zero-order chi connectivity index (χ0) is 15.5. The van der Waals surface area contributed by atoms with E-state index in [0.29, 0.717) is 5.41 Å². The maximum atomic E-state index is 6.08. The second-order valence-corrected chi connectivity index (χ2v) is 9.07. The third-order valence-electron chi connectivity index (χ3n) is 2.74. The normalized spacial score (nSPS) is 14.8. The summed E-state index contributed by atoms with van der Waals surface area (Å²) in [5, 5.41) is 0. The van der Waals surface area contributed by atoms with Gasteiger partial charge in [0.2, 0.25) is 0 Å². The van der Waals surface area contributed by atoms with Crippen LogP contribution in [0.1, 0.15) is 82.1 Å². The topological polar surface area (TPSA) is 18.5 Å². The van der Waals surface area contributed by atoms with Crippen molar-refractivity contribution in [3.8, 4) is 0 Å². The molecule has 19 heavy (non-hydrogen) atoms. The lowest BCUT2D eigenvalue weighted by Crippen LogP contribution is -2.37. The van der Waals surface area contributed by atoms with E-state index in [9.17, 15) is 0 Å². The van der Waals surface area contributed by atoms with Crippen molar-refractivity contribution in [2.45, 2.75) is 98.9 Å². The van der Waals surface area contributed by atoms with Crippen molar-refractivity contribution in [2.75, 3.05) is 6.61 Å². The van der Waals surface area contributed by atoms with E-state index < -0.39 is 0 Å². The maximum Gasteiger partial charge on any atom is 0.0655 e. The van der Waals surface area contributed by atoms with Gasteiger partial charge >= 0.3 is 0 Å². The van der Waals surface area contributed by atoms with Gasteiger partial charge in [0.1, 0.15) is 0 Å². The van der Waals surface area contributed by atoms with Crippen LogP contribution in [0, 0.1) is 5.41 Å². The Bertz CT molecular complexity index is 236. The van der Waals surface area contributed by atoms with E-state index in [1.54, 1.807) is 0 Å². The molecule has 0 saturated heterocycles. The van der Waals surface area contributed by atoms with Crippen molar-refractivity contribution in [1.82, 2.24) is 0 Å². The summed E-state index contributed by atoms with van der Waals surface area (Å²) in [4.78, 5) is 0. The first-order valence-electron chi connectivity index (χ1n) is 7.46. The molecule has 0 aliphatic carbocycles. The molecule has 0 aromatic rings. The van der Waals surface area contributed by atoms with E-state index in [-0.39, 0.29) is 16.8 Å². The first kappa shape index (κ1) is 18.9. The maximum absolute atomic E-state index is 6.08. The fourth-order valence-electron chi connectivity index (χ4n) is 2.78. The molecule has 0 aliphatic rings. The number of rotatable bonds is 6. The van der Waals surface area contributed by atoms with Gasteiger partial charge in [-0.05, 0) is 66.7 Å². The lowest BCUT2D eigenvalue weighted by atomic mass is 9.83. The number of hydrogen-bond acceptors (Lipinski definition) is 2. The highest BCUT2D eigenvalue weighted by molar-refractivity contribution is 4.79. The third kappa shape index (κ3) is 11.4. The predicted molar refractivity (Wildman–Crippen MR) is 83.6 cm³/mol. The fraction of sp³-hybridized carbons (Fsp3) is 1.00. The Hall–Kier alpha value is -0.0800. The molecule has 116 valence electrons. The fourth-order valence-corrected chi connectivity index (χ4v) is 2.78. The van der Waals surface area contributed by atoms with Crippen molar-refractivity contribution < 1.29 is 9.47 Å². The minimum absolute atomic E-state index is 0.0734. The Morgan fingerprint density at radius 2 is 1.16 bits per heavy atom. The van der Waals surface area contributed by atoms with Gasteiger partial charge in [0.05, 0.1) is 23.4 Å². The molecule has 0 heterocycles. The summed E-state index contributed by atoms with van der Waals surface area (Å²) in [5.74, 6) is 0. The summed E-state index contributed by atoms with van der Waals surface area (Å²) in [6, 6.07) is 0. The largest absolute Gasteiger partial charge is 0.375 e. The van der Waals surface area contributed by atoms with Gasteiger partial charge in [-0.2, -0.15) is 0 Å². The second-order valence-electron chi connectivity index (χ2n) is 9.07. The van der Waals surface area contributed by atoms with Crippen LogP contribution in [-0.4, -0.2) is 23.4 Å². The van der Waals surface area contributed by atoms with Crippen LogP contribution in [0.25, 0.3) is 0 Å². The van der Waals surface area contributed by atoms with Crippen molar-refractivity contribution in [3.05, 3.63) is 0 Å². The standard InChI is InChI=1S/C17H36O2/c1-14(2,3)13-17(9,10)18-12-11-16(7,8)19-15(4,5)6/h11-13H2,1-10H3. The summed E-state index contributed by atoms with van der Waals surface area (Å²) in [6.45, 7) is 22.4. The van der Waals surface area contributed by atoms with E-state index in [4.69, 9.17) is 9.47 Å². The Labute approximate surface area is 121 Å². The van der Waals surface area contributed by atoms with Crippen molar-refractivity contribution in [1.29, 1.82) is 0 Å². The Kier molecular flexibility index (Phi) is 6.11. The van der Waals surface area contributed by atoms with Crippen LogP contribution in [0.5, 0.6) is 0 Å². The molecular weight excluding hydrogens is 236 g/mol. The SMILES string of the molecule is CC(C)(C)CC(C)(C)OCCC(C)(C)OC(C)(C)C. The minimum atomic E-state index is -0.143. The van der Waals surface area contributed by atoms with Gasteiger partial charge < -0.3 is 9.47 Å². The van der Waals surface area contributed by atoms with Crippen molar-refractivity contribution in [3.63, 3.8) is 0 Å². The monoisotopic (exact) mass is 272 g/mol. The molecule has 0 aromatic carbocycles. The highest BCUT2D eigenvalue weighted by Crippen LogP contribution is 2.30. The summed E-state index contributed by atoms with van der Waals surface area (Å²) in [5.41, 5.74) is -0.0303. The number of hydrogen-bond donors (Lipinski definition) is 0. The molecule has 2 nitrogen and oxygen atoms in total. The Morgan fingerprint density at radius 3 is 1.53 bits per heavy atom. The van der Waals surface area contributed by atoms with Gasteiger partial charge in [0.25, 0.3) is 0 Å². The van der Waals surface area contributed by atoms with Gasteiger partial charge in [0, 0.05) is 0 Å². The van der Waals surface area contributed by atoms with E-state index in [0.717, 1.165) is 19.4 Å². The van der Waals surface area contributed by atoms with Gasteiger partial charge in [-0.15, -0.1) is 0 Å². The highest BCUT2D eigenvalue weighted by atomic mass is 16.5. The van der Waals surface area contributed by atoms with Crippen molar-refractivity contribution >= 4 is 0 Å². The lowest BCUT2D eigenvalue weighted by molar-refractivity contribution is -0.134. The van der Waals surface area contributed by atoms with Crippen LogP contribution >= 0.6 is 0 Å². The summed E-state index contributed by atoms with van der Waals surface area (Å²) >= 11 is 0. The van der Waals surface area contributed by atoms with Crippen LogP contribution in [0.15, 0.2) is 0 Å². The van der Waals surface area contributed by atoms with Gasteiger partial charge in [-0.25, -0.2) is 0 Å². The molecule has 0 N–H and O–H groups in total. The van der Waals surface area contributed by atoms with Crippen LogP contribution in [0.4, 0.5) is 0 Å². The molecule has 0 saturated carbocycles. The molecule has 0 spiro atoms. The molecule has 0 radical (unpaired) electrons. The zero-order valence-electron chi connectivity index (χ0n) is 14.9. The first-order chi connectivity index (χ1) is 8.12. The summed E-state index contributed by atoms with van der Waals surface area (Å²) in [6.07, 6.45) is 1.97. The Balaban J connectivity index is 4.21. The third-order valence-corrected chi connectivity index (χ3v) is 2.74. The van der Waals surface area contributed by atoms with E-state index in [1.165, 1.54) is 0 Å². The Morgan fingerprint density at radius 1 is 0.684 bits per heavy atom. The van der Waals surface area contributed by atoms with Gasteiger partial charge in [0.15, 0.2) is 0 Å². The number of ether oxygens (including phenoxy) is 2. The molecule has 2 heteroatoms. The van der Waals surface area contributed by atoms with Crippen LogP contribution in [0.2, 0.25) is 0 Å². The van der Waals surface area contributed by atoms with Crippen LogP contribution in [-0.2, 0) is 9.47 Å². The molecule has 0 atom stereocenters. The molecule has 0 rings (SSSR count). The predicted octanol–water partition coefficient (Wildman–Crippen LogP) is 5.20. The minimum Gasteiger partial charge on any atom is -0.375 e. The first-order valence-corrected chi connectivity index (χ1v) is 7.46. The molecule has 0 bridgehead atoms. The van der Waals surface area contributed by atoms with Crippen LogP contribution < -0.4 is 0 Å². The average molecular weight is 272 g/mol. The molecule has 0 fully saturated rings. The van der Waals surface area contributed by atoms with E-state index >= 15 is 0 Å². The quantitative estimate of drug-likeness (QED) is 0.661. The van der Waals surface area contributed by atoms with E-state index in [2.05, 4.69) is 69.2 Å². The molecule has 0 aromatic heterocycles. The highest BCUT2D eigenvalue weighted by Gasteiger charge is 2.29. The summed E-state index contributed by atoms with van der Waals surface area (Å²) < 4.78 is 12.1. The molecule has 0 unspecified atom stereocenters. The second kappa shape index (κ2) is 6.13. The van der Waals surface area contributed by atoms with Crippen molar-refractivity contribution in [2.24, 2.45) is 5.41 Å². The zero-order valence-corrected chi connectivity index (χ0v) is 14.9.